The molecule has 0 amide bonds. The smallest absolute Gasteiger partial charge is 0.270 e. The first-order valence-corrected chi connectivity index (χ1v) is 10.7. The van der Waals surface area contributed by atoms with E-state index in [0.717, 1.165) is 70.3 Å². The molecule has 0 bridgehead atoms. The fourth-order valence-electron chi connectivity index (χ4n) is 4.33. The molecule has 0 aliphatic heterocycles. The van der Waals surface area contributed by atoms with Crippen LogP contribution in [0.2, 0.25) is 0 Å². The number of hydrogen-bond acceptors (Lipinski definition) is 3. The molecule has 0 spiro atoms. The Balaban J connectivity index is 1.65. The molecule has 1 unspecified atom stereocenters. The van der Waals surface area contributed by atoms with E-state index in [2.05, 4.69) is 29.2 Å². The predicted molar refractivity (Wildman–Crippen MR) is 117 cm³/mol. The third-order valence-electron chi connectivity index (χ3n) is 6.31. The highest BCUT2D eigenvalue weighted by atomic mass is 19.3. The lowest BCUT2D eigenvalue weighted by Gasteiger charge is -2.17. The zero-order valence-corrected chi connectivity index (χ0v) is 18.1. The van der Waals surface area contributed by atoms with Crippen LogP contribution in [0, 0.1) is 13.8 Å². The number of H-pyrrole nitrogens is 1. The van der Waals surface area contributed by atoms with Crippen molar-refractivity contribution in [3.05, 3.63) is 70.4 Å². The third-order valence-corrected chi connectivity index (χ3v) is 6.31. The molecule has 1 N–H and O–H groups in total. The molecule has 6 heteroatoms. The minimum absolute atomic E-state index is 0.00467. The van der Waals surface area contributed by atoms with Gasteiger partial charge in [-0.15, -0.1) is 0 Å². The van der Waals surface area contributed by atoms with Gasteiger partial charge in [-0.1, -0.05) is 36.3 Å². The molecule has 1 saturated carbocycles. The lowest BCUT2D eigenvalue weighted by atomic mass is 9.88. The standard InChI is InChI=1S/C25H25F2N3O/c1-13(16-7-9-19(10-8-16)25(4,26)27)20-11-18(22-14(2)30-31-15(22)3)12-21-23(20)29-24(28-21)17-5-6-17/h7-13,17H,5-6H2,1-4H3,(H,28,29). The van der Waals surface area contributed by atoms with Crippen molar-refractivity contribution in [2.45, 2.75) is 58.3 Å². The van der Waals surface area contributed by atoms with Crippen molar-refractivity contribution in [2.24, 2.45) is 0 Å². The molecule has 1 atom stereocenters. The van der Waals surface area contributed by atoms with E-state index in [1.54, 1.807) is 12.1 Å². The van der Waals surface area contributed by atoms with Gasteiger partial charge in [0.2, 0.25) is 0 Å². The number of hydrogen-bond donors (Lipinski definition) is 1. The summed E-state index contributed by atoms with van der Waals surface area (Å²) in [5.74, 6) is -0.553. The summed E-state index contributed by atoms with van der Waals surface area (Å²) in [6.07, 6.45) is 2.32. The first-order chi connectivity index (χ1) is 14.7. The molecule has 31 heavy (non-hydrogen) atoms. The number of aryl methyl sites for hydroxylation is 2. The lowest BCUT2D eigenvalue weighted by molar-refractivity contribution is 0.0174. The first kappa shape index (κ1) is 19.9. The van der Waals surface area contributed by atoms with E-state index in [-0.39, 0.29) is 11.5 Å². The summed E-state index contributed by atoms with van der Waals surface area (Å²) in [6, 6.07) is 10.9. The highest BCUT2D eigenvalue weighted by Crippen LogP contribution is 2.42. The zero-order chi connectivity index (χ0) is 21.9. The average molecular weight is 421 g/mol. The minimum atomic E-state index is -2.85. The molecule has 1 aliphatic rings. The van der Waals surface area contributed by atoms with Crippen molar-refractivity contribution in [3.63, 3.8) is 0 Å². The van der Waals surface area contributed by atoms with Crippen LogP contribution in [0.4, 0.5) is 8.78 Å². The normalized spacial score (nSPS) is 15.5. The SMILES string of the molecule is Cc1noc(C)c1-c1cc(C(C)c2ccc(C(C)(F)F)cc2)c2[nH]c(C3CC3)nc2c1. The number of fused-ring (bicyclic) bond motifs is 1. The second-order valence-corrected chi connectivity index (χ2v) is 8.79. The van der Waals surface area contributed by atoms with Gasteiger partial charge in [-0.3, -0.25) is 0 Å². The van der Waals surface area contributed by atoms with Gasteiger partial charge in [-0.2, -0.15) is 0 Å². The van der Waals surface area contributed by atoms with Crippen LogP contribution in [-0.4, -0.2) is 15.1 Å². The van der Waals surface area contributed by atoms with E-state index < -0.39 is 5.92 Å². The minimum Gasteiger partial charge on any atom is -0.361 e. The molecule has 1 fully saturated rings. The van der Waals surface area contributed by atoms with Gasteiger partial charge in [0.1, 0.15) is 11.6 Å². The summed E-state index contributed by atoms with van der Waals surface area (Å²) in [5, 5.41) is 4.11. The Morgan fingerprint density at radius 2 is 1.84 bits per heavy atom. The molecule has 0 radical (unpaired) electrons. The lowest BCUT2D eigenvalue weighted by Crippen LogP contribution is -2.07. The van der Waals surface area contributed by atoms with Gasteiger partial charge in [-0.05, 0) is 55.5 Å². The van der Waals surface area contributed by atoms with E-state index >= 15 is 0 Å². The van der Waals surface area contributed by atoms with Crippen LogP contribution in [0.5, 0.6) is 0 Å². The summed E-state index contributed by atoms with van der Waals surface area (Å²) in [7, 11) is 0. The molecular weight excluding hydrogens is 396 g/mol. The quantitative estimate of drug-likeness (QED) is 0.378. The number of aromatic amines is 1. The number of aromatic nitrogens is 3. The van der Waals surface area contributed by atoms with Gasteiger partial charge < -0.3 is 9.51 Å². The van der Waals surface area contributed by atoms with E-state index in [1.807, 2.05) is 13.8 Å². The van der Waals surface area contributed by atoms with Gasteiger partial charge in [0.05, 0.1) is 16.7 Å². The summed E-state index contributed by atoms with van der Waals surface area (Å²) < 4.78 is 32.7. The topological polar surface area (TPSA) is 54.7 Å². The Labute approximate surface area is 179 Å². The summed E-state index contributed by atoms with van der Waals surface area (Å²) >= 11 is 0. The second kappa shape index (κ2) is 7.01. The van der Waals surface area contributed by atoms with Crippen molar-refractivity contribution in [1.29, 1.82) is 0 Å². The van der Waals surface area contributed by atoms with Crippen molar-refractivity contribution >= 4 is 11.0 Å². The number of alkyl halides is 2. The predicted octanol–water partition coefficient (Wildman–Crippen LogP) is 6.98. The van der Waals surface area contributed by atoms with Crippen molar-refractivity contribution in [3.8, 4) is 11.1 Å². The Morgan fingerprint density at radius 3 is 2.42 bits per heavy atom. The Morgan fingerprint density at radius 1 is 1.13 bits per heavy atom. The van der Waals surface area contributed by atoms with Crippen LogP contribution in [0.15, 0.2) is 40.9 Å². The van der Waals surface area contributed by atoms with Gasteiger partial charge in [-0.25, -0.2) is 13.8 Å². The molecule has 4 aromatic rings. The van der Waals surface area contributed by atoms with Crippen LogP contribution >= 0.6 is 0 Å². The van der Waals surface area contributed by atoms with Crippen molar-refractivity contribution < 1.29 is 13.3 Å². The fraction of sp³-hybridized carbons (Fsp3) is 0.360. The van der Waals surface area contributed by atoms with E-state index in [9.17, 15) is 8.78 Å². The Bertz CT molecular complexity index is 1240. The third kappa shape index (κ3) is 3.54. The molecule has 0 saturated heterocycles. The van der Waals surface area contributed by atoms with Gasteiger partial charge in [0.15, 0.2) is 0 Å². The molecule has 1 aliphatic carbocycles. The maximum Gasteiger partial charge on any atom is 0.270 e. The maximum atomic E-state index is 13.7. The molecular formula is C25H25F2N3O. The molecule has 5 rings (SSSR count). The zero-order valence-electron chi connectivity index (χ0n) is 18.1. The van der Waals surface area contributed by atoms with E-state index in [4.69, 9.17) is 9.51 Å². The van der Waals surface area contributed by atoms with Crippen molar-refractivity contribution in [2.75, 3.05) is 0 Å². The Kier molecular flexibility index (Phi) is 4.50. The number of rotatable bonds is 5. The summed E-state index contributed by atoms with van der Waals surface area (Å²) in [6.45, 7) is 6.87. The van der Waals surface area contributed by atoms with Crippen LogP contribution in [-0.2, 0) is 5.92 Å². The molecule has 160 valence electrons. The molecule has 2 aromatic heterocycles. The number of benzene rings is 2. The monoisotopic (exact) mass is 421 g/mol. The molecule has 2 heterocycles. The highest BCUT2D eigenvalue weighted by Gasteiger charge is 2.29. The number of nitrogens with one attached hydrogen (secondary N) is 1. The second-order valence-electron chi connectivity index (χ2n) is 8.79. The van der Waals surface area contributed by atoms with Gasteiger partial charge in [0.25, 0.3) is 5.92 Å². The largest absolute Gasteiger partial charge is 0.361 e. The average Bonchev–Trinajstić information content (AvgIpc) is 3.41. The molecule has 4 nitrogen and oxygen atoms in total. The van der Waals surface area contributed by atoms with Gasteiger partial charge in [0, 0.05) is 29.9 Å². The van der Waals surface area contributed by atoms with Crippen LogP contribution in [0.1, 0.15) is 72.5 Å². The van der Waals surface area contributed by atoms with Crippen LogP contribution < -0.4 is 0 Å². The summed E-state index contributed by atoms with van der Waals surface area (Å²) in [5.41, 5.74) is 6.84. The fourth-order valence-corrected chi connectivity index (χ4v) is 4.33. The van der Waals surface area contributed by atoms with E-state index in [1.165, 1.54) is 12.1 Å². The summed E-state index contributed by atoms with van der Waals surface area (Å²) in [4.78, 5) is 8.43. The highest BCUT2D eigenvalue weighted by molar-refractivity contribution is 5.87. The number of imidazole rings is 1. The van der Waals surface area contributed by atoms with Crippen LogP contribution in [0.3, 0.4) is 0 Å². The Hall–Kier alpha value is -3.02. The maximum absolute atomic E-state index is 13.7. The van der Waals surface area contributed by atoms with Crippen LogP contribution in [0.25, 0.3) is 22.2 Å². The van der Waals surface area contributed by atoms with Crippen molar-refractivity contribution in [1.82, 2.24) is 15.1 Å². The van der Waals surface area contributed by atoms with E-state index in [0.29, 0.717) is 5.92 Å². The number of halogens is 2. The molecule has 2 aromatic carbocycles. The van der Waals surface area contributed by atoms with Gasteiger partial charge >= 0.3 is 0 Å². The first-order valence-electron chi connectivity index (χ1n) is 10.7. The number of nitrogens with zero attached hydrogens (tertiary/aromatic N) is 2.